The third-order valence-corrected chi connectivity index (χ3v) is 3.48. The Kier molecular flexibility index (Phi) is 3.79. The molecule has 0 saturated heterocycles. The van der Waals surface area contributed by atoms with Gasteiger partial charge in [0.2, 0.25) is 0 Å². The van der Waals surface area contributed by atoms with Crippen molar-refractivity contribution in [2.75, 3.05) is 6.54 Å². The lowest BCUT2D eigenvalue weighted by Crippen LogP contribution is -2.32. The Balaban J connectivity index is 1.96. The fourth-order valence-electron chi connectivity index (χ4n) is 2.59. The molecule has 2 rings (SSSR count). The van der Waals surface area contributed by atoms with E-state index in [1.54, 1.807) is 0 Å². The Hall–Kier alpha value is -0.820. The smallest absolute Gasteiger partial charge is 0.0236 e. The van der Waals surface area contributed by atoms with Gasteiger partial charge in [0.15, 0.2) is 0 Å². The van der Waals surface area contributed by atoms with Gasteiger partial charge < -0.3 is 0 Å². The van der Waals surface area contributed by atoms with E-state index in [1.165, 1.54) is 37.8 Å². The van der Waals surface area contributed by atoms with Gasteiger partial charge in [-0.2, -0.15) is 0 Å². The monoisotopic (exact) mass is 203 g/mol. The van der Waals surface area contributed by atoms with Gasteiger partial charge >= 0.3 is 0 Å². The first-order valence-electron chi connectivity index (χ1n) is 6.18. The van der Waals surface area contributed by atoms with Crippen LogP contribution in [-0.4, -0.2) is 17.5 Å². The molecule has 0 heterocycles. The molecule has 82 valence electrons. The van der Waals surface area contributed by atoms with Gasteiger partial charge in [-0.25, -0.2) is 0 Å². The van der Waals surface area contributed by atoms with E-state index >= 15 is 0 Å². The van der Waals surface area contributed by atoms with Gasteiger partial charge in [-0.15, -0.1) is 0 Å². The summed E-state index contributed by atoms with van der Waals surface area (Å²) in [4.78, 5) is 2.63. The van der Waals surface area contributed by atoms with Gasteiger partial charge in [0, 0.05) is 12.6 Å². The summed E-state index contributed by atoms with van der Waals surface area (Å²) in [6.07, 6.45) is 5.66. The quantitative estimate of drug-likeness (QED) is 0.724. The molecule has 15 heavy (non-hydrogen) atoms. The zero-order valence-corrected chi connectivity index (χ0v) is 9.65. The normalized spacial score (nSPS) is 17.5. The Morgan fingerprint density at radius 3 is 2.40 bits per heavy atom. The maximum atomic E-state index is 2.63. The SMILES string of the molecule is CCN(Cc1ccccc1)C1CCCC1. The fraction of sp³-hybridized carbons (Fsp3) is 0.571. The van der Waals surface area contributed by atoms with Crippen molar-refractivity contribution in [2.45, 2.75) is 45.2 Å². The molecule has 0 unspecified atom stereocenters. The minimum atomic E-state index is 0.843. The molecule has 0 amide bonds. The van der Waals surface area contributed by atoms with Crippen LogP contribution in [0.1, 0.15) is 38.2 Å². The van der Waals surface area contributed by atoms with E-state index in [9.17, 15) is 0 Å². The molecule has 1 fully saturated rings. The highest BCUT2D eigenvalue weighted by molar-refractivity contribution is 5.14. The van der Waals surface area contributed by atoms with E-state index in [0.29, 0.717) is 0 Å². The average Bonchev–Trinajstić information content (AvgIpc) is 2.81. The number of hydrogen-bond donors (Lipinski definition) is 0. The number of hydrogen-bond acceptors (Lipinski definition) is 1. The Morgan fingerprint density at radius 2 is 1.80 bits per heavy atom. The summed E-state index contributed by atoms with van der Waals surface area (Å²) >= 11 is 0. The van der Waals surface area contributed by atoms with E-state index in [2.05, 4.69) is 42.2 Å². The molecule has 1 aliphatic rings. The van der Waals surface area contributed by atoms with E-state index in [0.717, 1.165) is 12.6 Å². The molecule has 0 aromatic heterocycles. The molecule has 1 aromatic carbocycles. The van der Waals surface area contributed by atoms with Gasteiger partial charge in [-0.3, -0.25) is 4.90 Å². The van der Waals surface area contributed by atoms with Gasteiger partial charge in [0.25, 0.3) is 0 Å². The van der Waals surface area contributed by atoms with Gasteiger partial charge in [0.1, 0.15) is 0 Å². The molecule has 0 radical (unpaired) electrons. The topological polar surface area (TPSA) is 3.24 Å². The van der Waals surface area contributed by atoms with Crippen LogP contribution in [0.2, 0.25) is 0 Å². The minimum absolute atomic E-state index is 0.843. The van der Waals surface area contributed by atoms with E-state index in [4.69, 9.17) is 0 Å². The summed E-state index contributed by atoms with van der Waals surface area (Å²) in [5, 5.41) is 0. The Morgan fingerprint density at radius 1 is 1.13 bits per heavy atom. The van der Waals surface area contributed by atoms with Crippen molar-refractivity contribution in [1.82, 2.24) is 4.90 Å². The summed E-state index contributed by atoms with van der Waals surface area (Å²) in [5.41, 5.74) is 1.45. The van der Waals surface area contributed by atoms with Crippen LogP contribution >= 0.6 is 0 Å². The van der Waals surface area contributed by atoms with E-state index in [1.807, 2.05) is 0 Å². The third kappa shape index (κ3) is 2.82. The average molecular weight is 203 g/mol. The number of rotatable bonds is 4. The Bertz CT molecular complexity index is 275. The Labute approximate surface area is 93.1 Å². The molecule has 0 aliphatic heterocycles. The first kappa shape index (κ1) is 10.7. The maximum Gasteiger partial charge on any atom is 0.0236 e. The van der Waals surface area contributed by atoms with Crippen LogP contribution in [0.15, 0.2) is 30.3 Å². The van der Waals surface area contributed by atoms with Crippen molar-refractivity contribution >= 4 is 0 Å². The van der Waals surface area contributed by atoms with Crippen molar-refractivity contribution in [3.8, 4) is 0 Å². The zero-order valence-electron chi connectivity index (χ0n) is 9.65. The summed E-state index contributed by atoms with van der Waals surface area (Å²) in [6, 6.07) is 11.7. The number of benzene rings is 1. The summed E-state index contributed by atoms with van der Waals surface area (Å²) < 4.78 is 0. The third-order valence-electron chi connectivity index (χ3n) is 3.48. The zero-order chi connectivity index (χ0) is 10.5. The van der Waals surface area contributed by atoms with Crippen LogP contribution in [-0.2, 0) is 6.54 Å². The molecule has 0 N–H and O–H groups in total. The van der Waals surface area contributed by atoms with Crippen molar-refractivity contribution in [1.29, 1.82) is 0 Å². The second kappa shape index (κ2) is 5.32. The van der Waals surface area contributed by atoms with Crippen LogP contribution in [0.5, 0.6) is 0 Å². The highest BCUT2D eigenvalue weighted by Gasteiger charge is 2.20. The molecular weight excluding hydrogens is 182 g/mol. The molecule has 0 bridgehead atoms. The van der Waals surface area contributed by atoms with Gasteiger partial charge in [-0.1, -0.05) is 50.1 Å². The van der Waals surface area contributed by atoms with Crippen molar-refractivity contribution < 1.29 is 0 Å². The summed E-state index contributed by atoms with van der Waals surface area (Å²) in [5.74, 6) is 0. The van der Waals surface area contributed by atoms with Crippen LogP contribution in [0, 0.1) is 0 Å². The fourth-order valence-corrected chi connectivity index (χ4v) is 2.59. The van der Waals surface area contributed by atoms with E-state index in [-0.39, 0.29) is 0 Å². The summed E-state index contributed by atoms with van der Waals surface area (Å²) in [7, 11) is 0. The minimum Gasteiger partial charge on any atom is -0.296 e. The summed E-state index contributed by atoms with van der Waals surface area (Å²) in [6.45, 7) is 4.59. The van der Waals surface area contributed by atoms with Crippen LogP contribution < -0.4 is 0 Å². The van der Waals surface area contributed by atoms with Crippen molar-refractivity contribution in [3.05, 3.63) is 35.9 Å². The largest absolute Gasteiger partial charge is 0.296 e. The molecule has 1 nitrogen and oxygen atoms in total. The van der Waals surface area contributed by atoms with E-state index < -0.39 is 0 Å². The highest BCUT2D eigenvalue weighted by Crippen LogP contribution is 2.24. The molecule has 1 saturated carbocycles. The van der Waals surface area contributed by atoms with Crippen molar-refractivity contribution in [3.63, 3.8) is 0 Å². The highest BCUT2D eigenvalue weighted by atomic mass is 15.1. The predicted octanol–water partition coefficient (Wildman–Crippen LogP) is 3.45. The van der Waals surface area contributed by atoms with Crippen LogP contribution in [0.25, 0.3) is 0 Å². The van der Waals surface area contributed by atoms with Gasteiger partial charge in [0.05, 0.1) is 0 Å². The lowest BCUT2D eigenvalue weighted by Gasteiger charge is -2.27. The van der Waals surface area contributed by atoms with Crippen LogP contribution in [0.3, 0.4) is 0 Å². The predicted molar refractivity (Wildman–Crippen MR) is 64.8 cm³/mol. The second-order valence-electron chi connectivity index (χ2n) is 4.49. The molecule has 1 aliphatic carbocycles. The first-order chi connectivity index (χ1) is 7.40. The first-order valence-corrected chi connectivity index (χ1v) is 6.18. The second-order valence-corrected chi connectivity index (χ2v) is 4.49. The number of nitrogens with zero attached hydrogens (tertiary/aromatic N) is 1. The van der Waals surface area contributed by atoms with Crippen LogP contribution in [0.4, 0.5) is 0 Å². The van der Waals surface area contributed by atoms with Crippen molar-refractivity contribution in [2.24, 2.45) is 0 Å². The standard InChI is InChI=1S/C14H21N/c1-2-15(14-10-6-7-11-14)12-13-8-4-3-5-9-13/h3-5,8-9,14H,2,6-7,10-12H2,1H3. The lowest BCUT2D eigenvalue weighted by molar-refractivity contribution is 0.200. The molecule has 0 spiro atoms. The molecular formula is C14H21N. The molecule has 1 heteroatoms. The molecule has 0 atom stereocenters. The lowest BCUT2D eigenvalue weighted by atomic mass is 10.1. The molecule has 1 aromatic rings. The van der Waals surface area contributed by atoms with Gasteiger partial charge in [-0.05, 0) is 24.9 Å². The maximum absolute atomic E-state index is 2.63.